The number of rotatable bonds is 4. The highest BCUT2D eigenvalue weighted by atomic mass is 16.1. The molecule has 0 radical (unpaired) electrons. The van der Waals surface area contributed by atoms with Gasteiger partial charge in [0.2, 0.25) is 5.91 Å². The normalized spacial score (nSPS) is 10.7. The van der Waals surface area contributed by atoms with E-state index < -0.39 is 0 Å². The third-order valence-electron chi connectivity index (χ3n) is 2.65. The van der Waals surface area contributed by atoms with Gasteiger partial charge in [-0.3, -0.25) is 14.3 Å². The molecule has 1 aromatic carbocycles. The van der Waals surface area contributed by atoms with E-state index in [4.69, 9.17) is 0 Å². The summed E-state index contributed by atoms with van der Waals surface area (Å²) in [5.74, 6) is -0.205. The lowest BCUT2D eigenvalue weighted by molar-refractivity contribution is -0.114. The standard InChI is InChI=1S/C15H15N3O2/c1-11(19)17-14-6-3-12(4-7-14)5-8-15(20)13-9-16-18(2)10-13/h3-10H,1-2H3,(H,17,19)/b8-5-. The highest BCUT2D eigenvalue weighted by molar-refractivity contribution is 6.06. The van der Waals surface area contributed by atoms with E-state index in [0.29, 0.717) is 5.56 Å². The Hall–Kier alpha value is -2.69. The zero-order valence-corrected chi connectivity index (χ0v) is 11.3. The van der Waals surface area contributed by atoms with Crippen LogP contribution < -0.4 is 5.32 Å². The van der Waals surface area contributed by atoms with Crippen LogP contribution in [0.1, 0.15) is 22.8 Å². The number of ketones is 1. The molecule has 5 heteroatoms. The molecule has 20 heavy (non-hydrogen) atoms. The molecule has 0 saturated heterocycles. The summed E-state index contributed by atoms with van der Waals surface area (Å²) in [5, 5.41) is 6.64. The second-order valence-electron chi connectivity index (χ2n) is 4.40. The zero-order chi connectivity index (χ0) is 14.5. The van der Waals surface area contributed by atoms with Gasteiger partial charge in [-0.25, -0.2) is 0 Å². The molecule has 0 atom stereocenters. The van der Waals surface area contributed by atoms with Crippen LogP contribution in [0.15, 0.2) is 42.7 Å². The SMILES string of the molecule is CC(=O)Nc1ccc(/C=C\C(=O)c2cnn(C)c2)cc1. The molecule has 1 N–H and O–H groups in total. The minimum Gasteiger partial charge on any atom is -0.326 e. The summed E-state index contributed by atoms with van der Waals surface area (Å²) in [6.45, 7) is 1.46. The van der Waals surface area contributed by atoms with Gasteiger partial charge in [0.1, 0.15) is 0 Å². The maximum atomic E-state index is 11.8. The summed E-state index contributed by atoms with van der Waals surface area (Å²) in [4.78, 5) is 22.7. The number of aryl methyl sites for hydroxylation is 1. The summed E-state index contributed by atoms with van der Waals surface area (Å²) < 4.78 is 1.59. The van der Waals surface area contributed by atoms with Crippen molar-refractivity contribution in [1.29, 1.82) is 0 Å². The first-order valence-corrected chi connectivity index (χ1v) is 6.13. The molecule has 0 aliphatic carbocycles. The fourth-order valence-electron chi connectivity index (χ4n) is 1.70. The first-order chi connectivity index (χ1) is 9.54. The molecular weight excluding hydrogens is 254 g/mol. The molecule has 0 spiro atoms. The number of nitrogens with one attached hydrogen (secondary N) is 1. The van der Waals surface area contributed by atoms with E-state index in [1.807, 2.05) is 12.1 Å². The summed E-state index contributed by atoms with van der Waals surface area (Å²) >= 11 is 0. The van der Waals surface area contributed by atoms with Crippen LogP contribution in [0.25, 0.3) is 6.08 Å². The van der Waals surface area contributed by atoms with E-state index in [2.05, 4.69) is 10.4 Å². The Morgan fingerprint density at radius 2 is 1.95 bits per heavy atom. The minimum absolute atomic E-state index is 0.0935. The number of hydrogen-bond donors (Lipinski definition) is 1. The van der Waals surface area contributed by atoms with Crippen LogP contribution in [0.3, 0.4) is 0 Å². The third-order valence-corrected chi connectivity index (χ3v) is 2.65. The van der Waals surface area contributed by atoms with Crippen LogP contribution >= 0.6 is 0 Å². The Morgan fingerprint density at radius 3 is 2.50 bits per heavy atom. The lowest BCUT2D eigenvalue weighted by atomic mass is 10.1. The van der Waals surface area contributed by atoms with Crippen LogP contribution in [0.2, 0.25) is 0 Å². The highest BCUT2D eigenvalue weighted by Crippen LogP contribution is 2.11. The first kappa shape index (κ1) is 13.7. The number of allylic oxidation sites excluding steroid dienone is 1. The van der Waals surface area contributed by atoms with Crippen molar-refractivity contribution >= 4 is 23.5 Å². The van der Waals surface area contributed by atoms with E-state index in [-0.39, 0.29) is 11.7 Å². The average molecular weight is 269 g/mol. The second-order valence-corrected chi connectivity index (χ2v) is 4.40. The van der Waals surface area contributed by atoms with Gasteiger partial charge in [-0.1, -0.05) is 18.2 Å². The number of carbonyl (C=O) groups excluding carboxylic acids is 2. The molecule has 0 aliphatic heterocycles. The maximum Gasteiger partial charge on any atom is 0.221 e. The number of carbonyl (C=O) groups is 2. The summed E-state index contributed by atoms with van der Waals surface area (Å²) in [6, 6.07) is 7.24. The Morgan fingerprint density at radius 1 is 1.25 bits per heavy atom. The van der Waals surface area contributed by atoms with E-state index in [1.54, 1.807) is 36.1 Å². The van der Waals surface area contributed by atoms with Crippen molar-refractivity contribution < 1.29 is 9.59 Å². The first-order valence-electron chi connectivity index (χ1n) is 6.13. The molecular formula is C15H15N3O2. The van der Waals surface area contributed by atoms with Gasteiger partial charge in [0.05, 0.1) is 11.8 Å². The lowest BCUT2D eigenvalue weighted by Crippen LogP contribution is -2.05. The van der Waals surface area contributed by atoms with Crippen molar-refractivity contribution in [3.05, 3.63) is 53.9 Å². The number of amides is 1. The van der Waals surface area contributed by atoms with Crippen LogP contribution in [-0.2, 0) is 11.8 Å². The molecule has 0 unspecified atom stereocenters. The third kappa shape index (κ3) is 3.65. The predicted molar refractivity (Wildman–Crippen MR) is 77.3 cm³/mol. The Labute approximate surface area is 116 Å². The van der Waals surface area contributed by atoms with Gasteiger partial charge in [0.15, 0.2) is 5.78 Å². The van der Waals surface area contributed by atoms with E-state index in [1.165, 1.54) is 19.2 Å². The monoisotopic (exact) mass is 269 g/mol. The molecule has 0 bridgehead atoms. The van der Waals surface area contributed by atoms with Crippen molar-refractivity contribution in [2.24, 2.45) is 7.05 Å². The number of benzene rings is 1. The number of nitrogens with zero attached hydrogens (tertiary/aromatic N) is 2. The molecule has 1 heterocycles. The molecule has 102 valence electrons. The summed E-state index contributed by atoms with van der Waals surface area (Å²) in [7, 11) is 1.77. The Kier molecular flexibility index (Phi) is 4.10. The van der Waals surface area contributed by atoms with Gasteiger partial charge in [0, 0.05) is 25.9 Å². The second kappa shape index (κ2) is 5.97. The fourth-order valence-corrected chi connectivity index (χ4v) is 1.70. The van der Waals surface area contributed by atoms with Crippen molar-refractivity contribution in [2.75, 3.05) is 5.32 Å². The van der Waals surface area contributed by atoms with E-state index in [0.717, 1.165) is 11.3 Å². The zero-order valence-electron chi connectivity index (χ0n) is 11.3. The molecule has 5 nitrogen and oxygen atoms in total. The molecule has 0 saturated carbocycles. The minimum atomic E-state index is -0.111. The molecule has 2 rings (SSSR count). The molecule has 1 aromatic heterocycles. The summed E-state index contributed by atoms with van der Waals surface area (Å²) in [6.07, 6.45) is 6.44. The van der Waals surface area contributed by atoms with Crippen molar-refractivity contribution in [3.8, 4) is 0 Å². The van der Waals surface area contributed by atoms with Gasteiger partial charge in [0.25, 0.3) is 0 Å². The lowest BCUT2D eigenvalue weighted by Gasteiger charge is -2.01. The van der Waals surface area contributed by atoms with Crippen LogP contribution in [-0.4, -0.2) is 21.5 Å². The van der Waals surface area contributed by atoms with Crippen molar-refractivity contribution in [2.45, 2.75) is 6.92 Å². The number of aromatic nitrogens is 2. The smallest absolute Gasteiger partial charge is 0.221 e. The molecule has 0 aliphatic rings. The van der Waals surface area contributed by atoms with Gasteiger partial charge in [-0.05, 0) is 23.8 Å². The Balaban J connectivity index is 2.04. The average Bonchev–Trinajstić information content (AvgIpc) is 2.84. The van der Waals surface area contributed by atoms with Crippen LogP contribution in [0, 0.1) is 0 Å². The fraction of sp³-hybridized carbons (Fsp3) is 0.133. The summed E-state index contributed by atoms with van der Waals surface area (Å²) in [5.41, 5.74) is 2.17. The number of hydrogen-bond acceptors (Lipinski definition) is 3. The Bertz CT molecular complexity index is 654. The van der Waals surface area contributed by atoms with Gasteiger partial charge in [-0.2, -0.15) is 5.10 Å². The molecule has 1 amide bonds. The highest BCUT2D eigenvalue weighted by Gasteiger charge is 2.03. The van der Waals surface area contributed by atoms with Gasteiger partial charge in [-0.15, -0.1) is 0 Å². The predicted octanol–water partition coefficient (Wildman–Crippen LogP) is 2.27. The van der Waals surface area contributed by atoms with Crippen molar-refractivity contribution in [3.63, 3.8) is 0 Å². The van der Waals surface area contributed by atoms with Crippen LogP contribution in [0.5, 0.6) is 0 Å². The van der Waals surface area contributed by atoms with Gasteiger partial charge >= 0.3 is 0 Å². The van der Waals surface area contributed by atoms with Crippen molar-refractivity contribution in [1.82, 2.24) is 9.78 Å². The van der Waals surface area contributed by atoms with Gasteiger partial charge < -0.3 is 5.32 Å². The molecule has 2 aromatic rings. The largest absolute Gasteiger partial charge is 0.326 e. The topological polar surface area (TPSA) is 64.0 Å². The maximum absolute atomic E-state index is 11.8. The van der Waals surface area contributed by atoms with E-state index >= 15 is 0 Å². The quantitative estimate of drug-likeness (QED) is 0.684. The number of anilines is 1. The molecule has 0 fully saturated rings. The van der Waals surface area contributed by atoms with Crippen LogP contribution in [0.4, 0.5) is 5.69 Å². The van der Waals surface area contributed by atoms with E-state index in [9.17, 15) is 9.59 Å².